The van der Waals surface area contributed by atoms with Gasteiger partial charge in [-0.2, -0.15) is 0 Å². The summed E-state index contributed by atoms with van der Waals surface area (Å²) in [6.45, 7) is 7.60. The lowest BCUT2D eigenvalue weighted by Crippen LogP contribution is -2.38. The van der Waals surface area contributed by atoms with Crippen LogP contribution in [0.1, 0.15) is 26.3 Å². The van der Waals surface area contributed by atoms with Crippen LogP contribution in [0.5, 0.6) is 0 Å². The highest BCUT2D eigenvalue weighted by atomic mass is 79.9. The van der Waals surface area contributed by atoms with Crippen molar-refractivity contribution in [2.75, 3.05) is 13.1 Å². The number of benzene rings is 1. The Bertz CT molecular complexity index is 356. The molecule has 0 aromatic heterocycles. The topological polar surface area (TPSA) is 23.5 Å². The summed E-state index contributed by atoms with van der Waals surface area (Å²) >= 11 is 3.28. The van der Waals surface area contributed by atoms with E-state index in [9.17, 15) is 9.50 Å². The van der Waals surface area contributed by atoms with Crippen molar-refractivity contribution in [3.05, 3.63) is 34.1 Å². The highest BCUT2D eigenvalue weighted by Crippen LogP contribution is 2.17. The van der Waals surface area contributed by atoms with E-state index < -0.39 is 5.60 Å². The maximum Gasteiger partial charge on any atom is 0.124 e. The molecule has 96 valence electrons. The van der Waals surface area contributed by atoms with Gasteiger partial charge in [-0.3, -0.25) is 4.90 Å². The predicted octanol–water partition coefficient (Wildman–Crippen LogP) is 3.18. The van der Waals surface area contributed by atoms with Crippen molar-refractivity contribution >= 4 is 15.9 Å². The lowest BCUT2D eigenvalue weighted by molar-refractivity contribution is 0.0353. The maximum atomic E-state index is 13.2. The van der Waals surface area contributed by atoms with Gasteiger partial charge in [0.2, 0.25) is 0 Å². The lowest BCUT2D eigenvalue weighted by atomic mass is 10.1. The van der Waals surface area contributed by atoms with Crippen molar-refractivity contribution < 1.29 is 9.50 Å². The molecule has 0 saturated heterocycles. The molecule has 17 heavy (non-hydrogen) atoms. The summed E-state index contributed by atoms with van der Waals surface area (Å²) in [5, 5.41) is 9.78. The molecule has 0 radical (unpaired) electrons. The first-order chi connectivity index (χ1) is 7.80. The van der Waals surface area contributed by atoms with Gasteiger partial charge in [0.25, 0.3) is 0 Å². The van der Waals surface area contributed by atoms with Gasteiger partial charge in [0, 0.05) is 17.6 Å². The molecular formula is C13H19BrFNO. The van der Waals surface area contributed by atoms with Gasteiger partial charge in [-0.05, 0) is 44.2 Å². The summed E-state index contributed by atoms with van der Waals surface area (Å²) in [6.07, 6.45) is 0. The monoisotopic (exact) mass is 303 g/mol. The Morgan fingerprint density at radius 1 is 1.35 bits per heavy atom. The molecule has 0 atom stereocenters. The molecule has 0 bridgehead atoms. The van der Waals surface area contributed by atoms with Crippen LogP contribution in [0.15, 0.2) is 22.7 Å². The fourth-order valence-electron chi connectivity index (χ4n) is 1.79. The Morgan fingerprint density at radius 2 is 2.00 bits per heavy atom. The molecule has 2 nitrogen and oxygen atoms in total. The molecule has 0 heterocycles. The van der Waals surface area contributed by atoms with Crippen molar-refractivity contribution in [1.82, 2.24) is 4.90 Å². The normalized spacial score (nSPS) is 12.2. The smallest absolute Gasteiger partial charge is 0.124 e. The third-order valence-electron chi connectivity index (χ3n) is 2.39. The van der Waals surface area contributed by atoms with Crippen LogP contribution in [0.4, 0.5) is 4.39 Å². The molecule has 0 aliphatic heterocycles. The Morgan fingerprint density at radius 3 is 2.47 bits per heavy atom. The van der Waals surface area contributed by atoms with Crippen molar-refractivity contribution in [2.24, 2.45) is 0 Å². The van der Waals surface area contributed by atoms with Gasteiger partial charge in [0.1, 0.15) is 5.82 Å². The number of nitrogens with zero attached hydrogens (tertiary/aromatic N) is 1. The molecule has 0 amide bonds. The third-order valence-corrected chi connectivity index (χ3v) is 2.84. The zero-order chi connectivity index (χ0) is 13.1. The number of hydrogen-bond acceptors (Lipinski definition) is 2. The SMILES string of the molecule is CCN(Cc1cc(F)cc(Br)c1)CC(C)(C)O. The van der Waals surface area contributed by atoms with E-state index in [1.165, 1.54) is 12.1 Å². The molecular weight excluding hydrogens is 285 g/mol. The Kier molecular flexibility index (Phi) is 5.10. The van der Waals surface area contributed by atoms with Crippen LogP contribution in [0.25, 0.3) is 0 Å². The summed E-state index contributed by atoms with van der Waals surface area (Å²) in [5.74, 6) is -0.242. The van der Waals surface area contributed by atoms with Crippen LogP contribution in [0.3, 0.4) is 0 Å². The highest BCUT2D eigenvalue weighted by molar-refractivity contribution is 9.10. The number of rotatable bonds is 5. The van der Waals surface area contributed by atoms with Gasteiger partial charge in [-0.15, -0.1) is 0 Å². The molecule has 0 unspecified atom stereocenters. The minimum absolute atomic E-state index is 0.242. The second-order valence-electron chi connectivity index (χ2n) is 4.89. The van der Waals surface area contributed by atoms with Crippen molar-refractivity contribution in [3.8, 4) is 0 Å². The highest BCUT2D eigenvalue weighted by Gasteiger charge is 2.17. The lowest BCUT2D eigenvalue weighted by Gasteiger charge is -2.28. The van der Waals surface area contributed by atoms with E-state index in [4.69, 9.17) is 0 Å². The van der Waals surface area contributed by atoms with E-state index in [0.717, 1.165) is 16.6 Å². The van der Waals surface area contributed by atoms with Crippen molar-refractivity contribution in [2.45, 2.75) is 32.9 Å². The molecule has 0 saturated carbocycles. The summed E-state index contributed by atoms with van der Waals surface area (Å²) in [7, 11) is 0. The second-order valence-corrected chi connectivity index (χ2v) is 5.81. The van der Waals surface area contributed by atoms with E-state index in [1.807, 2.05) is 13.0 Å². The molecule has 0 aliphatic carbocycles. The van der Waals surface area contributed by atoms with Crippen molar-refractivity contribution in [1.29, 1.82) is 0 Å². The summed E-state index contributed by atoms with van der Waals surface area (Å²) in [5.41, 5.74) is 0.170. The number of hydrogen-bond donors (Lipinski definition) is 1. The minimum Gasteiger partial charge on any atom is -0.389 e. The zero-order valence-electron chi connectivity index (χ0n) is 10.5. The minimum atomic E-state index is -0.736. The standard InChI is InChI=1S/C13H19BrFNO/c1-4-16(9-13(2,3)17)8-10-5-11(14)7-12(15)6-10/h5-7,17H,4,8-9H2,1-3H3. The van der Waals surface area contributed by atoms with Crippen LogP contribution < -0.4 is 0 Å². The fourth-order valence-corrected chi connectivity index (χ4v) is 2.30. The van der Waals surface area contributed by atoms with Gasteiger partial charge >= 0.3 is 0 Å². The molecule has 1 N–H and O–H groups in total. The average molecular weight is 304 g/mol. The molecule has 1 rings (SSSR count). The predicted molar refractivity (Wildman–Crippen MR) is 71.3 cm³/mol. The summed E-state index contributed by atoms with van der Waals surface area (Å²) in [4.78, 5) is 2.08. The van der Waals surface area contributed by atoms with E-state index in [2.05, 4.69) is 20.8 Å². The Hall–Kier alpha value is -0.450. The van der Waals surface area contributed by atoms with Crippen LogP contribution in [0.2, 0.25) is 0 Å². The molecule has 0 spiro atoms. The molecule has 1 aromatic carbocycles. The summed E-state index contributed by atoms with van der Waals surface area (Å²) < 4.78 is 14.0. The van der Waals surface area contributed by atoms with Crippen LogP contribution in [-0.4, -0.2) is 28.7 Å². The molecule has 4 heteroatoms. The van der Waals surface area contributed by atoms with Gasteiger partial charge in [-0.1, -0.05) is 22.9 Å². The van der Waals surface area contributed by atoms with Gasteiger partial charge < -0.3 is 5.11 Å². The van der Waals surface area contributed by atoms with Crippen molar-refractivity contribution in [3.63, 3.8) is 0 Å². The zero-order valence-corrected chi connectivity index (χ0v) is 12.1. The second kappa shape index (κ2) is 5.94. The number of likely N-dealkylation sites (N-methyl/N-ethyl adjacent to an activating group) is 1. The number of aliphatic hydroxyl groups is 1. The van der Waals surface area contributed by atoms with Crippen LogP contribution >= 0.6 is 15.9 Å². The average Bonchev–Trinajstić information content (AvgIpc) is 2.12. The van der Waals surface area contributed by atoms with E-state index >= 15 is 0 Å². The quantitative estimate of drug-likeness (QED) is 0.903. The number of halogens is 2. The maximum absolute atomic E-state index is 13.2. The molecule has 0 fully saturated rings. The van der Waals surface area contributed by atoms with Gasteiger partial charge in [0.05, 0.1) is 5.60 Å². The first-order valence-electron chi connectivity index (χ1n) is 5.70. The fraction of sp³-hybridized carbons (Fsp3) is 0.538. The van der Waals surface area contributed by atoms with Crippen LogP contribution in [0, 0.1) is 5.82 Å². The van der Waals surface area contributed by atoms with E-state index in [1.54, 1.807) is 13.8 Å². The Labute approximate surface area is 111 Å². The first kappa shape index (κ1) is 14.6. The van der Waals surface area contributed by atoms with E-state index in [0.29, 0.717) is 13.1 Å². The van der Waals surface area contributed by atoms with E-state index in [-0.39, 0.29) is 5.82 Å². The van der Waals surface area contributed by atoms with Gasteiger partial charge in [-0.25, -0.2) is 4.39 Å². The largest absolute Gasteiger partial charge is 0.389 e. The Balaban J connectivity index is 2.73. The summed E-state index contributed by atoms with van der Waals surface area (Å²) in [6, 6.07) is 4.86. The first-order valence-corrected chi connectivity index (χ1v) is 6.49. The molecule has 0 aliphatic rings. The third kappa shape index (κ3) is 5.61. The van der Waals surface area contributed by atoms with Crippen LogP contribution in [-0.2, 0) is 6.54 Å². The van der Waals surface area contributed by atoms with Gasteiger partial charge in [0.15, 0.2) is 0 Å². The molecule has 1 aromatic rings.